The summed E-state index contributed by atoms with van der Waals surface area (Å²) in [5.41, 5.74) is 1.14. The molecule has 1 aliphatic rings. The van der Waals surface area contributed by atoms with Gasteiger partial charge in [0.25, 0.3) is 5.69 Å². The van der Waals surface area contributed by atoms with Gasteiger partial charge in [0.15, 0.2) is 0 Å². The van der Waals surface area contributed by atoms with Crippen LogP contribution < -0.4 is 5.32 Å². The lowest BCUT2D eigenvalue weighted by Crippen LogP contribution is -2.26. The zero-order chi connectivity index (χ0) is 12.6. The van der Waals surface area contributed by atoms with Crippen molar-refractivity contribution >= 4 is 23.0 Å². The number of rotatable bonds is 4. The molecule has 1 fully saturated rings. The van der Waals surface area contributed by atoms with Crippen molar-refractivity contribution in [1.82, 2.24) is 0 Å². The summed E-state index contributed by atoms with van der Waals surface area (Å²) in [6.07, 6.45) is 1.80. The van der Waals surface area contributed by atoms with Crippen LogP contribution in [0.2, 0.25) is 5.02 Å². The summed E-state index contributed by atoms with van der Waals surface area (Å²) in [4.78, 5) is 10.2. The van der Waals surface area contributed by atoms with Crippen molar-refractivity contribution in [3.63, 3.8) is 0 Å². The molecule has 0 radical (unpaired) electrons. The van der Waals surface area contributed by atoms with Gasteiger partial charge in [0.05, 0.1) is 17.1 Å². The Balaban J connectivity index is 2.30. The second-order valence-electron chi connectivity index (χ2n) is 4.44. The van der Waals surface area contributed by atoms with E-state index in [1.165, 1.54) is 6.07 Å². The van der Waals surface area contributed by atoms with Gasteiger partial charge in [-0.3, -0.25) is 10.1 Å². The summed E-state index contributed by atoms with van der Waals surface area (Å²) in [7, 11) is 0. The molecule has 17 heavy (non-hydrogen) atoms. The van der Waals surface area contributed by atoms with Crippen LogP contribution in [0.4, 0.5) is 11.4 Å². The van der Waals surface area contributed by atoms with E-state index in [4.69, 9.17) is 11.6 Å². The number of nitrogens with zero attached hydrogens (tertiary/aromatic N) is 1. The minimum absolute atomic E-state index is 0.0566. The standard InChI is InChI=1S/C11H13ClN2O3/c1-7-4-10(14(16)17)8(12)5-9(7)13-11(6-15)2-3-11/h4-5,13,15H,2-3,6H2,1H3. The van der Waals surface area contributed by atoms with E-state index >= 15 is 0 Å². The molecule has 0 atom stereocenters. The molecule has 1 aromatic carbocycles. The van der Waals surface area contributed by atoms with Crippen LogP contribution in [0.3, 0.4) is 0 Å². The smallest absolute Gasteiger partial charge is 0.288 e. The lowest BCUT2D eigenvalue weighted by Gasteiger charge is -2.17. The van der Waals surface area contributed by atoms with Gasteiger partial charge >= 0.3 is 0 Å². The first-order valence-electron chi connectivity index (χ1n) is 5.31. The van der Waals surface area contributed by atoms with Crippen molar-refractivity contribution in [3.05, 3.63) is 32.8 Å². The molecule has 0 aliphatic heterocycles. The highest BCUT2D eigenvalue weighted by Crippen LogP contribution is 2.40. The minimum Gasteiger partial charge on any atom is -0.394 e. The van der Waals surface area contributed by atoms with Crippen LogP contribution in [-0.4, -0.2) is 22.2 Å². The van der Waals surface area contributed by atoms with E-state index in [9.17, 15) is 15.2 Å². The highest BCUT2D eigenvalue weighted by atomic mass is 35.5. The van der Waals surface area contributed by atoms with E-state index in [2.05, 4.69) is 5.32 Å². The zero-order valence-electron chi connectivity index (χ0n) is 9.36. The fourth-order valence-electron chi connectivity index (χ4n) is 1.70. The summed E-state index contributed by atoms with van der Waals surface area (Å²) < 4.78 is 0. The normalized spacial score (nSPS) is 16.6. The number of benzene rings is 1. The molecule has 2 N–H and O–H groups in total. The highest BCUT2D eigenvalue weighted by molar-refractivity contribution is 6.33. The maximum Gasteiger partial charge on any atom is 0.288 e. The average Bonchev–Trinajstić information content (AvgIpc) is 3.03. The maximum atomic E-state index is 10.7. The Morgan fingerprint density at radius 3 is 2.71 bits per heavy atom. The van der Waals surface area contributed by atoms with Gasteiger partial charge in [0.1, 0.15) is 5.02 Å². The second-order valence-corrected chi connectivity index (χ2v) is 4.85. The lowest BCUT2D eigenvalue weighted by atomic mass is 10.1. The number of anilines is 1. The fourth-order valence-corrected chi connectivity index (χ4v) is 1.93. The number of hydrogen-bond donors (Lipinski definition) is 2. The molecule has 0 bridgehead atoms. The molecule has 0 amide bonds. The third-order valence-corrected chi connectivity index (χ3v) is 3.35. The van der Waals surface area contributed by atoms with Crippen molar-refractivity contribution in [2.75, 3.05) is 11.9 Å². The van der Waals surface area contributed by atoms with Gasteiger partial charge in [-0.2, -0.15) is 0 Å². The fraction of sp³-hybridized carbons (Fsp3) is 0.455. The van der Waals surface area contributed by atoms with Crippen molar-refractivity contribution in [3.8, 4) is 0 Å². The lowest BCUT2D eigenvalue weighted by molar-refractivity contribution is -0.384. The molecule has 1 saturated carbocycles. The Morgan fingerprint density at radius 2 is 2.24 bits per heavy atom. The first-order chi connectivity index (χ1) is 7.97. The Morgan fingerprint density at radius 1 is 1.59 bits per heavy atom. The number of aliphatic hydroxyl groups is 1. The van der Waals surface area contributed by atoms with Crippen LogP contribution >= 0.6 is 11.6 Å². The number of aryl methyl sites for hydroxylation is 1. The van der Waals surface area contributed by atoms with E-state index in [-0.39, 0.29) is 22.9 Å². The number of nitrogens with one attached hydrogen (secondary N) is 1. The van der Waals surface area contributed by atoms with Gasteiger partial charge in [-0.25, -0.2) is 0 Å². The van der Waals surface area contributed by atoms with Gasteiger partial charge in [0, 0.05) is 11.8 Å². The van der Waals surface area contributed by atoms with E-state index in [0.717, 1.165) is 24.1 Å². The molecule has 2 rings (SSSR count). The van der Waals surface area contributed by atoms with Crippen LogP contribution in [-0.2, 0) is 0 Å². The van der Waals surface area contributed by atoms with E-state index < -0.39 is 4.92 Å². The molecule has 1 aliphatic carbocycles. The van der Waals surface area contributed by atoms with E-state index in [0.29, 0.717) is 0 Å². The number of nitro groups is 1. The maximum absolute atomic E-state index is 10.7. The minimum atomic E-state index is -0.502. The summed E-state index contributed by atoms with van der Waals surface area (Å²) in [6, 6.07) is 2.99. The van der Waals surface area contributed by atoms with Crippen molar-refractivity contribution in [2.45, 2.75) is 25.3 Å². The highest BCUT2D eigenvalue weighted by Gasteiger charge is 2.42. The molecule has 0 heterocycles. The molecule has 0 aromatic heterocycles. The number of nitro benzene ring substituents is 1. The predicted octanol–water partition coefficient (Wildman–Crippen LogP) is 2.49. The second kappa shape index (κ2) is 4.16. The van der Waals surface area contributed by atoms with E-state index in [1.807, 2.05) is 0 Å². The Hall–Kier alpha value is -1.33. The van der Waals surface area contributed by atoms with Gasteiger partial charge in [0.2, 0.25) is 0 Å². The molecule has 1 aromatic rings. The molecule has 0 saturated heterocycles. The van der Waals surface area contributed by atoms with Crippen LogP contribution in [0.5, 0.6) is 0 Å². The Bertz CT molecular complexity index is 472. The summed E-state index contributed by atoms with van der Waals surface area (Å²) in [5.74, 6) is 0. The largest absolute Gasteiger partial charge is 0.394 e. The molecule has 5 nitrogen and oxygen atoms in total. The Labute approximate surface area is 104 Å². The summed E-state index contributed by atoms with van der Waals surface area (Å²) in [5, 5.41) is 23.2. The van der Waals surface area contributed by atoms with Gasteiger partial charge in [-0.05, 0) is 31.4 Å². The van der Waals surface area contributed by atoms with E-state index in [1.54, 1.807) is 13.0 Å². The third kappa shape index (κ3) is 2.35. The SMILES string of the molecule is Cc1cc([N+](=O)[O-])c(Cl)cc1NC1(CO)CC1. The number of aliphatic hydroxyl groups excluding tert-OH is 1. The van der Waals surface area contributed by atoms with Crippen molar-refractivity contribution < 1.29 is 10.0 Å². The van der Waals surface area contributed by atoms with Crippen molar-refractivity contribution in [2.24, 2.45) is 0 Å². The van der Waals surface area contributed by atoms with Gasteiger partial charge < -0.3 is 10.4 Å². The topological polar surface area (TPSA) is 75.4 Å². The monoisotopic (exact) mass is 256 g/mol. The van der Waals surface area contributed by atoms with Gasteiger partial charge in [-0.1, -0.05) is 11.6 Å². The zero-order valence-corrected chi connectivity index (χ0v) is 10.1. The quantitative estimate of drug-likeness (QED) is 0.641. The van der Waals surface area contributed by atoms with Crippen LogP contribution in [0.1, 0.15) is 18.4 Å². The van der Waals surface area contributed by atoms with Crippen molar-refractivity contribution in [1.29, 1.82) is 0 Å². The average molecular weight is 257 g/mol. The molecule has 0 unspecified atom stereocenters. The first kappa shape index (κ1) is 12.1. The third-order valence-electron chi connectivity index (χ3n) is 3.05. The first-order valence-corrected chi connectivity index (χ1v) is 5.69. The molecule has 0 spiro atoms. The predicted molar refractivity (Wildman–Crippen MR) is 65.5 cm³/mol. The van der Waals surface area contributed by atoms with Gasteiger partial charge in [-0.15, -0.1) is 0 Å². The summed E-state index contributed by atoms with van der Waals surface area (Å²) in [6.45, 7) is 1.83. The summed E-state index contributed by atoms with van der Waals surface area (Å²) >= 11 is 5.84. The molecule has 92 valence electrons. The molecular weight excluding hydrogens is 244 g/mol. The van der Waals surface area contributed by atoms with Crippen LogP contribution in [0, 0.1) is 17.0 Å². The van der Waals surface area contributed by atoms with Crippen LogP contribution in [0.25, 0.3) is 0 Å². The Kier molecular flexibility index (Phi) is 2.97. The number of halogens is 1. The number of hydrogen-bond acceptors (Lipinski definition) is 4. The molecule has 6 heteroatoms. The molecular formula is C11H13ClN2O3. The van der Waals surface area contributed by atoms with Crippen LogP contribution in [0.15, 0.2) is 12.1 Å².